The monoisotopic (exact) mass is 465 g/mol. The molecular formula is C27H15NO7. The third-order valence-electron chi connectivity index (χ3n) is 5.55. The summed E-state index contributed by atoms with van der Waals surface area (Å²) in [5.41, 5.74) is 1.63. The molecule has 4 heterocycles. The number of esters is 1. The minimum Gasteiger partial charge on any atom is -0.459 e. The molecule has 2 aromatic carbocycles. The van der Waals surface area contributed by atoms with E-state index in [9.17, 15) is 14.4 Å². The van der Waals surface area contributed by atoms with Crippen molar-refractivity contribution in [1.29, 1.82) is 0 Å². The highest BCUT2D eigenvalue weighted by atomic mass is 16.5. The van der Waals surface area contributed by atoms with Gasteiger partial charge in [0.25, 0.3) is 5.91 Å². The summed E-state index contributed by atoms with van der Waals surface area (Å²) in [5, 5.41) is 0.764. The molecule has 170 valence electrons. The molecule has 3 aromatic heterocycles. The van der Waals surface area contributed by atoms with E-state index in [0.29, 0.717) is 16.6 Å². The minimum absolute atomic E-state index is 0.0589. The summed E-state index contributed by atoms with van der Waals surface area (Å²) < 4.78 is 22.9. The van der Waals surface area contributed by atoms with Gasteiger partial charge in [-0.1, -0.05) is 18.2 Å². The third-order valence-corrected chi connectivity index (χ3v) is 5.55. The van der Waals surface area contributed by atoms with Crippen LogP contribution in [0.15, 0.2) is 100 Å². The summed E-state index contributed by atoms with van der Waals surface area (Å²) in [7, 11) is 0. The van der Waals surface area contributed by atoms with Crippen LogP contribution in [0.3, 0.4) is 0 Å². The van der Waals surface area contributed by atoms with Gasteiger partial charge in [-0.3, -0.25) is 14.2 Å². The Morgan fingerprint density at radius 2 is 1.66 bits per heavy atom. The minimum atomic E-state index is -0.663. The van der Waals surface area contributed by atoms with Gasteiger partial charge in [-0.25, -0.2) is 4.79 Å². The van der Waals surface area contributed by atoms with Crippen molar-refractivity contribution in [1.82, 2.24) is 4.57 Å². The molecule has 1 aliphatic rings. The van der Waals surface area contributed by atoms with Crippen LogP contribution in [0.5, 0.6) is 11.5 Å². The number of carbonyl (C=O) groups is 3. The molecule has 0 amide bonds. The molecule has 0 bridgehead atoms. The topological polar surface area (TPSA) is 101 Å². The first-order valence-electron chi connectivity index (χ1n) is 10.6. The van der Waals surface area contributed by atoms with Gasteiger partial charge in [-0.15, -0.1) is 0 Å². The number of nitrogens with zero attached hydrogens (tertiary/aromatic N) is 1. The van der Waals surface area contributed by atoms with E-state index in [1.54, 1.807) is 30.5 Å². The summed E-state index contributed by atoms with van der Waals surface area (Å²) in [6.07, 6.45) is 6.03. The van der Waals surface area contributed by atoms with Crippen molar-refractivity contribution in [3.8, 4) is 11.5 Å². The van der Waals surface area contributed by atoms with Gasteiger partial charge in [0.15, 0.2) is 11.5 Å². The predicted molar refractivity (Wildman–Crippen MR) is 123 cm³/mol. The number of para-hydroxylation sites is 1. The van der Waals surface area contributed by atoms with E-state index in [2.05, 4.69) is 0 Å². The van der Waals surface area contributed by atoms with Crippen LogP contribution >= 0.6 is 0 Å². The van der Waals surface area contributed by atoms with Crippen molar-refractivity contribution >= 4 is 34.6 Å². The molecule has 0 atom stereocenters. The zero-order valence-electron chi connectivity index (χ0n) is 18.0. The number of hydrogen-bond donors (Lipinski definition) is 0. The lowest BCUT2D eigenvalue weighted by Crippen LogP contribution is -2.09. The van der Waals surface area contributed by atoms with E-state index in [4.69, 9.17) is 18.3 Å². The average molecular weight is 465 g/mol. The zero-order chi connectivity index (χ0) is 23.9. The number of aromatic nitrogens is 1. The van der Waals surface area contributed by atoms with Gasteiger partial charge in [0.05, 0.1) is 23.6 Å². The van der Waals surface area contributed by atoms with Gasteiger partial charge < -0.3 is 18.3 Å². The van der Waals surface area contributed by atoms with Crippen LogP contribution in [0.1, 0.15) is 37.0 Å². The van der Waals surface area contributed by atoms with Crippen LogP contribution in [0.25, 0.3) is 17.0 Å². The Labute approximate surface area is 197 Å². The molecule has 0 N–H and O–H groups in total. The van der Waals surface area contributed by atoms with Crippen LogP contribution in [0.2, 0.25) is 0 Å². The molecule has 8 nitrogen and oxygen atoms in total. The maximum Gasteiger partial charge on any atom is 0.379 e. The number of Topliss-reactive ketones (excluding diaryl/α,β-unsaturated/α-hetero) is 1. The lowest BCUT2D eigenvalue weighted by Gasteiger charge is -2.04. The molecule has 0 unspecified atom stereocenters. The molecule has 0 fully saturated rings. The Morgan fingerprint density at radius 1 is 0.886 bits per heavy atom. The maximum atomic E-state index is 13.0. The Hall–Kier alpha value is -5.11. The van der Waals surface area contributed by atoms with Gasteiger partial charge >= 0.3 is 5.97 Å². The quantitative estimate of drug-likeness (QED) is 0.200. The molecule has 6 rings (SSSR count). The molecule has 8 heteroatoms. The second-order valence-electron chi connectivity index (χ2n) is 7.72. The Bertz CT molecular complexity index is 1640. The first-order valence-corrected chi connectivity index (χ1v) is 10.6. The highest BCUT2D eigenvalue weighted by Crippen LogP contribution is 2.36. The molecule has 35 heavy (non-hydrogen) atoms. The van der Waals surface area contributed by atoms with E-state index in [1.165, 1.54) is 41.4 Å². The molecule has 0 radical (unpaired) electrons. The molecule has 0 saturated heterocycles. The van der Waals surface area contributed by atoms with Crippen molar-refractivity contribution in [2.24, 2.45) is 0 Å². The number of benzene rings is 2. The highest BCUT2D eigenvalue weighted by molar-refractivity contribution is 6.15. The van der Waals surface area contributed by atoms with Gasteiger partial charge in [0, 0.05) is 23.2 Å². The first-order chi connectivity index (χ1) is 17.1. The summed E-state index contributed by atoms with van der Waals surface area (Å²) in [6.45, 7) is 0. The molecule has 1 aliphatic heterocycles. The first kappa shape index (κ1) is 20.5. The van der Waals surface area contributed by atoms with E-state index in [0.717, 1.165) is 5.39 Å². The number of fused-ring (bicyclic) bond motifs is 2. The van der Waals surface area contributed by atoms with Crippen LogP contribution < -0.4 is 9.47 Å². The number of furan rings is 2. The number of ketones is 1. The van der Waals surface area contributed by atoms with E-state index < -0.39 is 5.97 Å². The summed E-state index contributed by atoms with van der Waals surface area (Å²) >= 11 is 0. The lowest BCUT2D eigenvalue weighted by atomic mass is 10.1. The van der Waals surface area contributed by atoms with Crippen LogP contribution in [0, 0.1) is 0 Å². The van der Waals surface area contributed by atoms with E-state index >= 15 is 0 Å². The van der Waals surface area contributed by atoms with Crippen molar-refractivity contribution in [3.05, 3.63) is 114 Å². The summed E-state index contributed by atoms with van der Waals surface area (Å²) in [4.78, 5) is 38.0. The van der Waals surface area contributed by atoms with Crippen molar-refractivity contribution < 1.29 is 32.7 Å². The Morgan fingerprint density at radius 3 is 2.43 bits per heavy atom. The number of ether oxygens (including phenoxy) is 2. The smallest absolute Gasteiger partial charge is 0.379 e. The second-order valence-corrected chi connectivity index (χ2v) is 7.72. The summed E-state index contributed by atoms with van der Waals surface area (Å²) in [5.74, 6) is -0.502. The van der Waals surface area contributed by atoms with Gasteiger partial charge in [-0.2, -0.15) is 0 Å². The van der Waals surface area contributed by atoms with E-state index in [-0.39, 0.29) is 40.5 Å². The van der Waals surface area contributed by atoms with Crippen molar-refractivity contribution in [2.45, 2.75) is 0 Å². The Balaban J connectivity index is 1.32. The molecular weight excluding hydrogens is 450 g/mol. The normalized spacial score (nSPS) is 13.7. The van der Waals surface area contributed by atoms with Crippen molar-refractivity contribution in [3.63, 3.8) is 0 Å². The largest absolute Gasteiger partial charge is 0.459 e. The number of allylic oxidation sites excluding steroid dienone is 1. The van der Waals surface area contributed by atoms with Gasteiger partial charge in [0.1, 0.15) is 11.5 Å². The average Bonchev–Trinajstić information content (AvgIpc) is 3.67. The lowest BCUT2D eigenvalue weighted by molar-refractivity contribution is 0.0701. The van der Waals surface area contributed by atoms with Crippen LogP contribution in [-0.4, -0.2) is 22.2 Å². The number of carbonyl (C=O) groups excluding carboxylic acids is 3. The SMILES string of the molecule is O=C(Oc1ccc2c(c1)O/C(=C\c1cn(C(=O)c3ccco3)c3ccccc13)C2=O)c1ccco1. The second kappa shape index (κ2) is 8.03. The fraction of sp³-hybridized carbons (Fsp3) is 0. The Kier molecular flexibility index (Phi) is 4.70. The standard InChI is InChI=1S/C27H15NO7/c29-25-19-10-9-17(34-27(31)22-8-4-12-33-22)14-23(19)35-24(25)13-16-15-28(20-6-2-1-5-18(16)20)26(30)21-7-3-11-32-21/h1-15H/b24-13-. The number of hydrogen-bond acceptors (Lipinski definition) is 7. The van der Waals surface area contributed by atoms with Crippen molar-refractivity contribution in [2.75, 3.05) is 0 Å². The fourth-order valence-electron chi connectivity index (χ4n) is 3.93. The van der Waals surface area contributed by atoms with Crippen LogP contribution in [-0.2, 0) is 0 Å². The summed E-state index contributed by atoms with van der Waals surface area (Å²) in [6, 6.07) is 18.2. The molecule has 5 aromatic rings. The fourth-order valence-corrected chi connectivity index (χ4v) is 3.93. The third kappa shape index (κ3) is 3.53. The van der Waals surface area contributed by atoms with Gasteiger partial charge in [0.2, 0.25) is 11.5 Å². The predicted octanol–water partition coefficient (Wildman–Crippen LogP) is 5.35. The molecule has 0 spiro atoms. The highest BCUT2D eigenvalue weighted by Gasteiger charge is 2.29. The van der Waals surface area contributed by atoms with Crippen LogP contribution in [0.4, 0.5) is 0 Å². The maximum absolute atomic E-state index is 13.0. The number of rotatable bonds is 4. The molecule has 0 saturated carbocycles. The van der Waals surface area contributed by atoms with Gasteiger partial charge in [-0.05, 0) is 48.5 Å². The molecule has 0 aliphatic carbocycles. The zero-order valence-corrected chi connectivity index (χ0v) is 18.0. The van der Waals surface area contributed by atoms with E-state index in [1.807, 2.05) is 24.3 Å².